The van der Waals surface area contributed by atoms with E-state index in [1.807, 2.05) is 35.9 Å². The topological polar surface area (TPSA) is 88.9 Å². The predicted octanol–water partition coefficient (Wildman–Crippen LogP) is 2.77. The number of thiazole rings is 1. The van der Waals surface area contributed by atoms with E-state index in [1.165, 1.54) is 23.5 Å². The van der Waals surface area contributed by atoms with Crippen LogP contribution >= 0.6 is 11.3 Å². The highest BCUT2D eigenvalue weighted by Gasteiger charge is 2.13. The fraction of sp³-hybridized carbons (Fsp3) is 0.143. The summed E-state index contributed by atoms with van der Waals surface area (Å²) in [4.78, 5) is 33.2. The number of halogens is 1. The monoisotopic (exact) mass is 423 g/mol. The minimum atomic E-state index is -0.385. The van der Waals surface area contributed by atoms with E-state index in [0.29, 0.717) is 16.5 Å². The second-order valence-corrected chi connectivity index (χ2v) is 7.53. The quantitative estimate of drug-likeness (QED) is 0.483. The third kappa shape index (κ3) is 4.36. The van der Waals surface area contributed by atoms with Crippen molar-refractivity contribution in [3.8, 4) is 10.6 Å². The number of hydrogen-bond donors (Lipinski definition) is 2. The van der Waals surface area contributed by atoms with Crippen molar-refractivity contribution in [2.45, 2.75) is 12.8 Å². The molecule has 0 unspecified atom stereocenters. The first-order chi connectivity index (χ1) is 14.5. The van der Waals surface area contributed by atoms with Gasteiger partial charge < -0.3 is 4.57 Å². The highest BCUT2D eigenvalue weighted by Crippen LogP contribution is 2.24. The minimum Gasteiger partial charge on any atom is -0.331 e. The highest BCUT2D eigenvalue weighted by molar-refractivity contribution is 7.13. The van der Waals surface area contributed by atoms with Crippen molar-refractivity contribution in [2.75, 3.05) is 0 Å². The summed E-state index contributed by atoms with van der Waals surface area (Å²) in [5, 5.41) is 2.46. The van der Waals surface area contributed by atoms with Crippen molar-refractivity contribution in [3.63, 3.8) is 0 Å². The number of hydrogen-bond acceptors (Lipinski definition) is 5. The molecule has 0 spiro atoms. The molecule has 2 aromatic heterocycles. The highest BCUT2D eigenvalue weighted by atomic mass is 32.1. The zero-order chi connectivity index (χ0) is 21.1. The van der Waals surface area contributed by atoms with E-state index in [-0.39, 0.29) is 30.5 Å². The maximum Gasteiger partial charge on any atom is 0.245 e. The number of rotatable bonds is 5. The molecule has 2 aromatic carbocycles. The largest absolute Gasteiger partial charge is 0.331 e. The standard InChI is InChI=1S/C21H18FN5O2S/c1-27-17-5-3-2-4-16(17)24-18(27)11-20(29)26-25-19(28)10-15-12-30-21(23-15)13-6-8-14(22)9-7-13/h2-9,12H,10-11H2,1H3,(H,25,28)(H,26,29). The van der Waals surface area contributed by atoms with E-state index in [0.717, 1.165) is 16.6 Å². The fourth-order valence-corrected chi connectivity index (χ4v) is 3.83. The van der Waals surface area contributed by atoms with Crippen LogP contribution in [0, 0.1) is 5.82 Å². The number of carbonyl (C=O) groups is 2. The number of hydrazine groups is 1. The van der Waals surface area contributed by atoms with Gasteiger partial charge in [-0.15, -0.1) is 11.3 Å². The van der Waals surface area contributed by atoms with E-state index >= 15 is 0 Å². The zero-order valence-electron chi connectivity index (χ0n) is 16.1. The Morgan fingerprint density at radius 2 is 1.70 bits per heavy atom. The average molecular weight is 423 g/mol. The Balaban J connectivity index is 1.31. The summed E-state index contributed by atoms with van der Waals surface area (Å²) < 4.78 is 14.9. The van der Waals surface area contributed by atoms with Crippen LogP contribution in [0.5, 0.6) is 0 Å². The van der Waals surface area contributed by atoms with Gasteiger partial charge in [0.1, 0.15) is 16.6 Å². The van der Waals surface area contributed by atoms with Gasteiger partial charge in [-0.1, -0.05) is 12.1 Å². The van der Waals surface area contributed by atoms with Crippen LogP contribution in [0.2, 0.25) is 0 Å². The van der Waals surface area contributed by atoms with Crippen molar-refractivity contribution in [3.05, 3.63) is 71.2 Å². The molecule has 4 aromatic rings. The second kappa shape index (κ2) is 8.42. The molecule has 4 rings (SSSR count). The van der Waals surface area contributed by atoms with E-state index in [9.17, 15) is 14.0 Å². The molecule has 9 heteroatoms. The van der Waals surface area contributed by atoms with Crippen LogP contribution in [0.3, 0.4) is 0 Å². The number of amides is 2. The molecule has 0 atom stereocenters. The number of imidazole rings is 1. The fourth-order valence-electron chi connectivity index (χ4n) is 3.00. The third-order valence-electron chi connectivity index (χ3n) is 4.52. The summed E-state index contributed by atoms with van der Waals surface area (Å²) in [6.45, 7) is 0. The summed E-state index contributed by atoms with van der Waals surface area (Å²) in [5.41, 5.74) is 7.91. The van der Waals surface area contributed by atoms with E-state index < -0.39 is 0 Å². The number of aromatic nitrogens is 3. The van der Waals surface area contributed by atoms with Gasteiger partial charge in [0.05, 0.1) is 29.6 Å². The Morgan fingerprint density at radius 3 is 2.43 bits per heavy atom. The summed E-state index contributed by atoms with van der Waals surface area (Å²) in [5.74, 6) is -0.466. The number of nitrogens with zero attached hydrogens (tertiary/aromatic N) is 3. The number of benzene rings is 2. The van der Waals surface area contributed by atoms with Gasteiger partial charge in [-0.05, 0) is 36.4 Å². The van der Waals surface area contributed by atoms with Crippen LogP contribution in [0.4, 0.5) is 4.39 Å². The Bertz CT molecular complexity index is 1220. The molecule has 2 N–H and O–H groups in total. The first kappa shape index (κ1) is 19.7. The molecule has 2 amide bonds. The summed E-state index contributed by atoms with van der Waals surface area (Å²) in [7, 11) is 1.84. The van der Waals surface area contributed by atoms with E-state index in [4.69, 9.17) is 0 Å². The molecule has 0 saturated heterocycles. The normalized spacial score (nSPS) is 10.9. The molecular formula is C21H18FN5O2S. The lowest BCUT2D eigenvalue weighted by molar-refractivity contribution is -0.128. The van der Waals surface area contributed by atoms with Crippen molar-refractivity contribution in [2.24, 2.45) is 7.05 Å². The number of aryl methyl sites for hydroxylation is 1. The Hall–Kier alpha value is -3.59. The van der Waals surface area contributed by atoms with Gasteiger partial charge in [0.25, 0.3) is 0 Å². The number of carbonyl (C=O) groups excluding carboxylic acids is 2. The molecule has 0 aliphatic rings. The number of nitrogens with one attached hydrogen (secondary N) is 2. The second-order valence-electron chi connectivity index (χ2n) is 6.68. The molecule has 0 aliphatic heterocycles. The molecule has 0 fully saturated rings. The molecule has 0 radical (unpaired) electrons. The molecule has 152 valence electrons. The summed E-state index contributed by atoms with van der Waals surface area (Å²) in [6.07, 6.45) is 0.0567. The van der Waals surface area contributed by atoms with E-state index in [2.05, 4.69) is 20.8 Å². The third-order valence-corrected chi connectivity index (χ3v) is 5.46. The van der Waals surface area contributed by atoms with Crippen LogP contribution in [0.15, 0.2) is 53.9 Å². The van der Waals surface area contributed by atoms with Gasteiger partial charge in [0, 0.05) is 18.0 Å². The Morgan fingerprint density at radius 1 is 1.00 bits per heavy atom. The molecule has 2 heterocycles. The molecule has 30 heavy (non-hydrogen) atoms. The maximum atomic E-state index is 13.0. The Labute approximate surface area is 175 Å². The average Bonchev–Trinajstić information content (AvgIpc) is 3.32. The van der Waals surface area contributed by atoms with Gasteiger partial charge in [-0.25, -0.2) is 14.4 Å². The van der Waals surface area contributed by atoms with Crippen LogP contribution in [0.25, 0.3) is 21.6 Å². The van der Waals surface area contributed by atoms with Gasteiger partial charge in [-0.2, -0.15) is 0 Å². The molecule has 7 nitrogen and oxygen atoms in total. The van der Waals surface area contributed by atoms with Crippen molar-refractivity contribution in [1.29, 1.82) is 0 Å². The van der Waals surface area contributed by atoms with Gasteiger partial charge in [0.2, 0.25) is 11.8 Å². The van der Waals surface area contributed by atoms with Crippen LogP contribution in [0.1, 0.15) is 11.5 Å². The summed E-state index contributed by atoms with van der Waals surface area (Å²) >= 11 is 1.37. The lowest BCUT2D eigenvalue weighted by Gasteiger charge is -2.07. The van der Waals surface area contributed by atoms with Gasteiger partial charge in [0.15, 0.2) is 0 Å². The summed E-state index contributed by atoms with van der Waals surface area (Å²) in [6, 6.07) is 13.6. The first-order valence-electron chi connectivity index (χ1n) is 9.18. The smallest absolute Gasteiger partial charge is 0.245 e. The number of para-hydroxylation sites is 2. The zero-order valence-corrected chi connectivity index (χ0v) is 16.9. The minimum absolute atomic E-state index is 0.0181. The molecule has 0 bridgehead atoms. The Kier molecular flexibility index (Phi) is 5.53. The van der Waals surface area contributed by atoms with Crippen molar-refractivity contribution in [1.82, 2.24) is 25.4 Å². The predicted molar refractivity (Wildman–Crippen MR) is 112 cm³/mol. The van der Waals surface area contributed by atoms with Gasteiger partial charge >= 0.3 is 0 Å². The van der Waals surface area contributed by atoms with Crippen LogP contribution < -0.4 is 10.9 Å². The molecule has 0 saturated carbocycles. The maximum absolute atomic E-state index is 13.0. The number of fused-ring (bicyclic) bond motifs is 1. The van der Waals surface area contributed by atoms with Crippen LogP contribution in [-0.4, -0.2) is 26.3 Å². The van der Waals surface area contributed by atoms with E-state index in [1.54, 1.807) is 17.5 Å². The molecule has 0 aliphatic carbocycles. The first-order valence-corrected chi connectivity index (χ1v) is 10.1. The van der Waals surface area contributed by atoms with Crippen LogP contribution in [-0.2, 0) is 29.5 Å². The lowest BCUT2D eigenvalue weighted by Crippen LogP contribution is -2.43. The molecular weight excluding hydrogens is 405 g/mol. The van der Waals surface area contributed by atoms with Gasteiger partial charge in [-0.3, -0.25) is 20.4 Å². The SMILES string of the molecule is Cn1c(CC(=O)NNC(=O)Cc2csc(-c3ccc(F)cc3)n2)nc2ccccc21. The lowest BCUT2D eigenvalue weighted by atomic mass is 10.2. The van der Waals surface area contributed by atoms with Crippen molar-refractivity contribution < 1.29 is 14.0 Å². The van der Waals surface area contributed by atoms with Crippen molar-refractivity contribution >= 4 is 34.2 Å².